The minimum Gasteiger partial charge on any atom is -0.326 e. The van der Waals surface area contributed by atoms with E-state index in [1.165, 1.54) is 0 Å². The van der Waals surface area contributed by atoms with Crippen LogP contribution in [0.4, 0.5) is 10.1 Å². The van der Waals surface area contributed by atoms with Crippen LogP contribution in [0.2, 0.25) is 0 Å². The van der Waals surface area contributed by atoms with Gasteiger partial charge in [0.15, 0.2) is 0 Å². The molecule has 0 unspecified atom stereocenters. The van der Waals surface area contributed by atoms with Crippen LogP contribution in [0.15, 0.2) is 24.3 Å². The maximum atomic E-state index is 11.7. The highest BCUT2D eigenvalue weighted by molar-refractivity contribution is 5.90. The molecule has 1 radical (unpaired) electrons. The molecule has 0 aromatic heterocycles. The Balaban J connectivity index is 2.27. The van der Waals surface area contributed by atoms with Crippen LogP contribution in [0, 0.1) is 6.07 Å². The summed E-state index contributed by atoms with van der Waals surface area (Å²) < 4.78 is 11.7. The van der Waals surface area contributed by atoms with Gasteiger partial charge < -0.3 is 5.32 Å². The molecule has 0 spiro atoms. The Kier molecular flexibility index (Phi) is 4.69. The number of anilines is 1. The molecule has 14 heavy (non-hydrogen) atoms. The molecule has 1 amide bonds. The standard InChI is InChI=1S/C11H13FNO/c12-9-5-4-8-11(14)13-10-6-2-1-3-7-10/h2-3,6-7H,4-5,8-9H2,(H,13,14). The lowest BCUT2D eigenvalue weighted by atomic mass is 10.2. The van der Waals surface area contributed by atoms with Gasteiger partial charge in [-0.25, -0.2) is 0 Å². The van der Waals surface area contributed by atoms with E-state index in [0.717, 1.165) is 5.69 Å². The zero-order valence-electron chi connectivity index (χ0n) is 7.92. The predicted octanol–water partition coefficient (Wildman–Crippen LogP) is 2.57. The van der Waals surface area contributed by atoms with Crippen molar-refractivity contribution >= 4 is 11.6 Å². The predicted molar refractivity (Wildman–Crippen MR) is 53.7 cm³/mol. The van der Waals surface area contributed by atoms with Gasteiger partial charge in [0, 0.05) is 12.1 Å². The summed E-state index contributed by atoms with van der Waals surface area (Å²) in [6, 6.07) is 9.87. The Morgan fingerprint density at radius 3 is 2.71 bits per heavy atom. The largest absolute Gasteiger partial charge is 0.326 e. The second-order valence-electron chi connectivity index (χ2n) is 2.98. The molecule has 1 rings (SSSR count). The highest BCUT2D eigenvalue weighted by atomic mass is 19.1. The third kappa shape index (κ3) is 4.03. The van der Waals surface area contributed by atoms with Gasteiger partial charge in [-0.3, -0.25) is 9.18 Å². The van der Waals surface area contributed by atoms with Crippen LogP contribution in [-0.2, 0) is 4.79 Å². The molecule has 0 atom stereocenters. The molecule has 0 aliphatic carbocycles. The minimum atomic E-state index is -0.354. The lowest BCUT2D eigenvalue weighted by Gasteiger charge is -2.03. The summed E-state index contributed by atoms with van der Waals surface area (Å²) in [6.07, 6.45) is 1.43. The Morgan fingerprint density at radius 2 is 2.07 bits per heavy atom. The minimum absolute atomic E-state index is 0.0651. The fourth-order valence-corrected chi connectivity index (χ4v) is 1.07. The molecule has 1 aromatic carbocycles. The van der Waals surface area contributed by atoms with E-state index >= 15 is 0 Å². The monoisotopic (exact) mass is 194 g/mol. The lowest BCUT2D eigenvalue weighted by Crippen LogP contribution is -2.10. The van der Waals surface area contributed by atoms with E-state index in [2.05, 4.69) is 11.4 Å². The van der Waals surface area contributed by atoms with Crippen LogP contribution < -0.4 is 5.32 Å². The van der Waals surface area contributed by atoms with Crippen molar-refractivity contribution in [2.45, 2.75) is 19.3 Å². The number of unbranched alkanes of at least 4 members (excludes halogenated alkanes) is 1. The van der Waals surface area contributed by atoms with Crippen molar-refractivity contribution in [2.24, 2.45) is 0 Å². The van der Waals surface area contributed by atoms with Crippen LogP contribution in [0.3, 0.4) is 0 Å². The molecule has 3 heteroatoms. The van der Waals surface area contributed by atoms with Gasteiger partial charge in [0.2, 0.25) is 5.91 Å². The molecular formula is C11H13FNO. The SMILES string of the molecule is O=C(CCCCF)Nc1cc[c]cc1. The van der Waals surface area contributed by atoms with Gasteiger partial charge in [0.25, 0.3) is 0 Å². The molecule has 0 saturated carbocycles. The number of carbonyl (C=O) groups excluding carboxylic acids is 1. The highest BCUT2D eigenvalue weighted by Crippen LogP contribution is 2.06. The fourth-order valence-electron chi connectivity index (χ4n) is 1.07. The van der Waals surface area contributed by atoms with Crippen LogP contribution in [0.25, 0.3) is 0 Å². The van der Waals surface area contributed by atoms with Gasteiger partial charge in [0.05, 0.1) is 6.67 Å². The first kappa shape index (κ1) is 10.7. The number of alkyl halides is 1. The highest BCUT2D eigenvalue weighted by Gasteiger charge is 2.00. The number of halogens is 1. The summed E-state index contributed by atoms with van der Waals surface area (Å²) in [6.45, 7) is -0.354. The number of benzene rings is 1. The molecule has 0 aliphatic rings. The van der Waals surface area contributed by atoms with E-state index in [9.17, 15) is 9.18 Å². The number of rotatable bonds is 5. The van der Waals surface area contributed by atoms with Crippen LogP contribution in [0.1, 0.15) is 19.3 Å². The van der Waals surface area contributed by atoms with Crippen molar-refractivity contribution in [3.63, 3.8) is 0 Å². The van der Waals surface area contributed by atoms with Crippen LogP contribution in [-0.4, -0.2) is 12.6 Å². The van der Waals surface area contributed by atoms with E-state index in [1.807, 2.05) is 0 Å². The Labute approximate surface area is 83.1 Å². The van der Waals surface area contributed by atoms with E-state index in [0.29, 0.717) is 19.3 Å². The van der Waals surface area contributed by atoms with Crippen molar-refractivity contribution in [3.8, 4) is 0 Å². The summed E-state index contributed by atoms with van der Waals surface area (Å²) in [5, 5.41) is 2.72. The molecule has 0 bridgehead atoms. The van der Waals surface area contributed by atoms with E-state index in [-0.39, 0.29) is 12.6 Å². The van der Waals surface area contributed by atoms with Crippen molar-refractivity contribution in [1.82, 2.24) is 0 Å². The normalized spacial score (nSPS) is 9.79. The van der Waals surface area contributed by atoms with Crippen molar-refractivity contribution in [3.05, 3.63) is 30.3 Å². The molecule has 0 fully saturated rings. The first-order chi connectivity index (χ1) is 6.83. The van der Waals surface area contributed by atoms with E-state index < -0.39 is 0 Å². The molecule has 0 heterocycles. The molecular weight excluding hydrogens is 181 g/mol. The lowest BCUT2D eigenvalue weighted by molar-refractivity contribution is -0.116. The summed E-state index contributed by atoms with van der Waals surface area (Å²) in [5.41, 5.74) is 0.758. The first-order valence-corrected chi connectivity index (χ1v) is 4.65. The Bertz CT molecular complexity index is 274. The third-order valence-corrected chi connectivity index (χ3v) is 1.79. The Morgan fingerprint density at radius 1 is 1.36 bits per heavy atom. The van der Waals surface area contributed by atoms with E-state index in [1.54, 1.807) is 24.3 Å². The molecule has 2 nitrogen and oxygen atoms in total. The van der Waals surface area contributed by atoms with Crippen molar-refractivity contribution < 1.29 is 9.18 Å². The zero-order chi connectivity index (χ0) is 10.2. The average molecular weight is 194 g/mol. The molecule has 0 saturated heterocycles. The number of amides is 1. The van der Waals surface area contributed by atoms with Gasteiger partial charge >= 0.3 is 0 Å². The zero-order valence-corrected chi connectivity index (χ0v) is 7.92. The molecule has 1 aromatic rings. The smallest absolute Gasteiger partial charge is 0.224 e. The number of hydrogen-bond acceptors (Lipinski definition) is 1. The summed E-state index contributed by atoms with van der Waals surface area (Å²) in [5.74, 6) is -0.0651. The second-order valence-corrected chi connectivity index (χ2v) is 2.98. The number of carbonyl (C=O) groups is 1. The van der Waals surface area contributed by atoms with E-state index in [4.69, 9.17) is 0 Å². The molecule has 1 N–H and O–H groups in total. The molecule has 0 aliphatic heterocycles. The first-order valence-electron chi connectivity index (χ1n) is 4.65. The van der Waals surface area contributed by atoms with Gasteiger partial charge in [-0.2, -0.15) is 0 Å². The third-order valence-electron chi connectivity index (χ3n) is 1.79. The van der Waals surface area contributed by atoms with Crippen molar-refractivity contribution in [1.29, 1.82) is 0 Å². The number of nitrogens with one attached hydrogen (secondary N) is 1. The number of hydrogen-bond donors (Lipinski definition) is 1. The van der Waals surface area contributed by atoms with Gasteiger partial charge in [0.1, 0.15) is 0 Å². The van der Waals surface area contributed by atoms with Gasteiger partial charge in [-0.05, 0) is 31.0 Å². The van der Waals surface area contributed by atoms with Crippen molar-refractivity contribution in [2.75, 3.05) is 12.0 Å². The Hall–Kier alpha value is -1.38. The fraction of sp³-hybridized carbons (Fsp3) is 0.364. The van der Waals surface area contributed by atoms with Crippen LogP contribution >= 0.6 is 0 Å². The molecule has 75 valence electrons. The topological polar surface area (TPSA) is 29.1 Å². The quantitative estimate of drug-likeness (QED) is 0.717. The average Bonchev–Trinajstić information content (AvgIpc) is 2.20. The maximum Gasteiger partial charge on any atom is 0.224 e. The maximum absolute atomic E-state index is 11.7. The van der Waals surface area contributed by atoms with Gasteiger partial charge in [-0.1, -0.05) is 12.1 Å². The van der Waals surface area contributed by atoms with Crippen LogP contribution in [0.5, 0.6) is 0 Å². The summed E-state index contributed by atoms with van der Waals surface area (Å²) in [7, 11) is 0. The summed E-state index contributed by atoms with van der Waals surface area (Å²) >= 11 is 0. The second kappa shape index (κ2) is 6.13. The summed E-state index contributed by atoms with van der Waals surface area (Å²) in [4.78, 5) is 11.2. The van der Waals surface area contributed by atoms with Gasteiger partial charge in [-0.15, -0.1) is 0 Å².